The van der Waals surface area contributed by atoms with Gasteiger partial charge in [-0.2, -0.15) is 0 Å². The van der Waals surface area contributed by atoms with E-state index in [1.54, 1.807) is 45.4 Å². The van der Waals surface area contributed by atoms with Gasteiger partial charge in [-0.25, -0.2) is 0 Å². The minimum atomic E-state index is -0.617. The number of methoxy groups -OCH3 is 2. The van der Waals surface area contributed by atoms with E-state index >= 15 is 0 Å². The minimum absolute atomic E-state index is 0.227. The number of hydrogen-bond donors (Lipinski definition) is 2. The van der Waals surface area contributed by atoms with E-state index in [1.807, 2.05) is 24.3 Å². The third kappa shape index (κ3) is 5.24. The molecule has 0 aliphatic rings. The molecule has 0 saturated heterocycles. The van der Waals surface area contributed by atoms with Gasteiger partial charge in [-0.05, 0) is 43.2 Å². The topological polar surface area (TPSA) is 76.7 Å². The molecule has 0 aromatic heterocycles. The SMILES string of the molecule is COc1ccc(CCNC(=O)C(C)NC(=O)c2ccccc2)cc1OC. The van der Waals surface area contributed by atoms with Gasteiger partial charge in [-0.15, -0.1) is 0 Å². The molecule has 0 fully saturated rings. The van der Waals surface area contributed by atoms with E-state index in [9.17, 15) is 9.59 Å². The number of carbonyl (C=O) groups is 2. The van der Waals surface area contributed by atoms with E-state index in [-0.39, 0.29) is 11.8 Å². The molecule has 0 spiro atoms. The van der Waals surface area contributed by atoms with E-state index in [0.717, 1.165) is 5.56 Å². The van der Waals surface area contributed by atoms with Crippen LogP contribution in [0.5, 0.6) is 11.5 Å². The summed E-state index contributed by atoms with van der Waals surface area (Å²) in [6.07, 6.45) is 0.644. The number of hydrogen-bond acceptors (Lipinski definition) is 4. The molecular formula is C20H24N2O4. The molecule has 0 aliphatic heterocycles. The van der Waals surface area contributed by atoms with Gasteiger partial charge in [-0.1, -0.05) is 24.3 Å². The molecule has 0 bridgehead atoms. The van der Waals surface area contributed by atoms with Gasteiger partial charge in [-0.3, -0.25) is 9.59 Å². The van der Waals surface area contributed by atoms with E-state index in [0.29, 0.717) is 30.0 Å². The largest absolute Gasteiger partial charge is 0.493 e. The molecule has 2 aromatic carbocycles. The van der Waals surface area contributed by atoms with Crippen molar-refractivity contribution in [3.8, 4) is 11.5 Å². The molecule has 6 nitrogen and oxygen atoms in total. The molecule has 26 heavy (non-hydrogen) atoms. The smallest absolute Gasteiger partial charge is 0.251 e. The first-order valence-electron chi connectivity index (χ1n) is 8.39. The van der Waals surface area contributed by atoms with E-state index < -0.39 is 6.04 Å². The number of rotatable bonds is 8. The zero-order chi connectivity index (χ0) is 18.9. The lowest BCUT2D eigenvalue weighted by atomic mass is 10.1. The fourth-order valence-corrected chi connectivity index (χ4v) is 2.45. The second-order valence-corrected chi connectivity index (χ2v) is 5.79. The lowest BCUT2D eigenvalue weighted by molar-refractivity contribution is -0.122. The summed E-state index contributed by atoms with van der Waals surface area (Å²) in [5.41, 5.74) is 1.54. The Bertz CT molecular complexity index is 747. The predicted molar refractivity (Wildman–Crippen MR) is 99.6 cm³/mol. The van der Waals surface area contributed by atoms with Crippen LogP contribution in [-0.2, 0) is 11.2 Å². The van der Waals surface area contributed by atoms with Crippen molar-refractivity contribution in [1.29, 1.82) is 0 Å². The maximum atomic E-state index is 12.2. The first kappa shape index (κ1) is 19.3. The maximum Gasteiger partial charge on any atom is 0.251 e. The zero-order valence-electron chi connectivity index (χ0n) is 15.2. The van der Waals surface area contributed by atoms with Crippen molar-refractivity contribution in [2.24, 2.45) is 0 Å². The molecule has 6 heteroatoms. The highest BCUT2D eigenvalue weighted by atomic mass is 16.5. The monoisotopic (exact) mass is 356 g/mol. The quantitative estimate of drug-likeness (QED) is 0.760. The van der Waals surface area contributed by atoms with Crippen molar-refractivity contribution in [3.05, 3.63) is 59.7 Å². The van der Waals surface area contributed by atoms with Crippen LogP contribution < -0.4 is 20.1 Å². The molecule has 2 aromatic rings. The predicted octanol–water partition coefficient (Wildman–Crippen LogP) is 2.18. The molecule has 2 amide bonds. The summed E-state index contributed by atoms with van der Waals surface area (Å²) in [4.78, 5) is 24.2. The number of nitrogens with one attached hydrogen (secondary N) is 2. The molecule has 2 rings (SSSR count). The van der Waals surface area contributed by atoms with Crippen LogP contribution in [0, 0.1) is 0 Å². The summed E-state index contributed by atoms with van der Waals surface area (Å²) in [6, 6.07) is 13.8. The van der Waals surface area contributed by atoms with Crippen molar-refractivity contribution in [2.45, 2.75) is 19.4 Å². The molecule has 0 aliphatic carbocycles. The average molecular weight is 356 g/mol. The second kappa shape index (κ2) is 9.46. The fourth-order valence-electron chi connectivity index (χ4n) is 2.45. The van der Waals surface area contributed by atoms with Crippen LogP contribution in [-0.4, -0.2) is 38.6 Å². The van der Waals surface area contributed by atoms with Crippen LogP contribution in [0.4, 0.5) is 0 Å². The first-order chi connectivity index (χ1) is 12.5. The molecule has 2 N–H and O–H groups in total. The molecule has 0 heterocycles. The van der Waals surface area contributed by atoms with E-state index in [4.69, 9.17) is 9.47 Å². The van der Waals surface area contributed by atoms with Gasteiger partial charge in [0.15, 0.2) is 11.5 Å². The third-order valence-electron chi connectivity index (χ3n) is 3.94. The van der Waals surface area contributed by atoms with Gasteiger partial charge < -0.3 is 20.1 Å². The molecular weight excluding hydrogens is 332 g/mol. The Morgan fingerprint density at radius 2 is 1.69 bits per heavy atom. The Balaban J connectivity index is 1.82. The van der Waals surface area contributed by atoms with Crippen LogP contribution in [0.15, 0.2) is 48.5 Å². The van der Waals surface area contributed by atoms with Crippen molar-refractivity contribution < 1.29 is 19.1 Å². The Labute approximate surface area is 153 Å². The highest BCUT2D eigenvalue weighted by Gasteiger charge is 2.16. The molecule has 0 radical (unpaired) electrons. The number of ether oxygens (including phenoxy) is 2. The van der Waals surface area contributed by atoms with Gasteiger partial charge in [0, 0.05) is 12.1 Å². The Kier molecular flexibility index (Phi) is 7.02. The van der Waals surface area contributed by atoms with Crippen LogP contribution in [0.3, 0.4) is 0 Å². The number of benzene rings is 2. The number of carbonyl (C=O) groups excluding carboxylic acids is 2. The molecule has 1 atom stereocenters. The van der Waals surface area contributed by atoms with Crippen molar-refractivity contribution in [3.63, 3.8) is 0 Å². The summed E-state index contributed by atoms with van der Waals surface area (Å²) in [6.45, 7) is 2.12. The van der Waals surface area contributed by atoms with Crippen LogP contribution in [0.2, 0.25) is 0 Å². The second-order valence-electron chi connectivity index (χ2n) is 5.79. The summed E-state index contributed by atoms with van der Waals surface area (Å²) in [7, 11) is 3.17. The summed E-state index contributed by atoms with van der Waals surface area (Å²) in [5, 5.41) is 5.52. The average Bonchev–Trinajstić information content (AvgIpc) is 2.68. The minimum Gasteiger partial charge on any atom is -0.493 e. The lowest BCUT2D eigenvalue weighted by Crippen LogP contribution is -2.45. The summed E-state index contributed by atoms with van der Waals surface area (Å²) in [5.74, 6) is 0.820. The van der Waals surface area contributed by atoms with Gasteiger partial charge in [0.1, 0.15) is 6.04 Å². The first-order valence-corrected chi connectivity index (χ1v) is 8.39. The van der Waals surface area contributed by atoms with Crippen LogP contribution >= 0.6 is 0 Å². The van der Waals surface area contributed by atoms with Crippen molar-refractivity contribution >= 4 is 11.8 Å². The van der Waals surface area contributed by atoms with Crippen molar-refractivity contribution in [1.82, 2.24) is 10.6 Å². The highest BCUT2D eigenvalue weighted by Crippen LogP contribution is 2.27. The van der Waals surface area contributed by atoms with E-state index in [2.05, 4.69) is 10.6 Å². The van der Waals surface area contributed by atoms with Gasteiger partial charge in [0.25, 0.3) is 5.91 Å². The Morgan fingerprint density at radius 1 is 1.00 bits per heavy atom. The van der Waals surface area contributed by atoms with Gasteiger partial charge >= 0.3 is 0 Å². The molecule has 138 valence electrons. The van der Waals surface area contributed by atoms with Crippen LogP contribution in [0.1, 0.15) is 22.8 Å². The Morgan fingerprint density at radius 3 is 2.35 bits per heavy atom. The Hall–Kier alpha value is -3.02. The summed E-state index contributed by atoms with van der Waals surface area (Å²) >= 11 is 0. The molecule has 0 saturated carbocycles. The third-order valence-corrected chi connectivity index (χ3v) is 3.94. The summed E-state index contributed by atoms with van der Waals surface area (Å²) < 4.78 is 10.5. The lowest BCUT2D eigenvalue weighted by Gasteiger charge is -2.14. The maximum absolute atomic E-state index is 12.2. The molecule has 1 unspecified atom stereocenters. The zero-order valence-corrected chi connectivity index (χ0v) is 15.2. The van der Waals surface area contributed by atoms with Crippen molar-refractivity contribution in [2.75, 3.05) is 20.8 Å². The fraction of sp³-hybridized carbons (Fsp3) is 0.300. The van der Waals surface area contributed by atoms with Gasteiger partial charge in [0.2, 0.25) is 5.91 Å². The highest BCUT2D eigenvalue weighted by molar-refractivity contribution is 5.97. The van der Waals surface area contributed by atoms with Crippen LogP contribution in [0.25, 0.3) is 0 Å². The normalized spacial score (nSPS) is 11.3. The standard InChI is InChI=1S/C20H24N2O4/c1-14(22-20(24)16-7-5-4-6-8-16)19(23)21-12-11-15-9-10-17(25-2)18(13-15)26-3/h4-10,13-14H,11-12H2,1-3H3,(H,21,23)(H,22,24). The van der Waals surface area contributed by atoms with E-state index in [1.165, 1.54) is 0 Å². The number of amides is 2. The van der Waals surface area contributed by atoms with Gasteiger partial charge in [0.05, 0.1) is 14.2 Å².